The van der Waals surface area contributed by atoms with E-state index in [0.717, 1.165) is 12.2 Å². The molecule has 0 amide bonds. The maximum atomic E-state index is 11.5. The Morgan fingerprint density at radius 2 is 1.91 bits per heavy atom. The summed E-state index contributed by atoms with van der Waals surface area (Å²) in [5.41, 5.74) is 0. The molecular formula is C9H18OS. The van der Waals surface area contributed by atoms with E-state index in [1.165, 1.54) is 32.1 Å². The predicted molar refractivity (Wildman–Crippen MR) is 50.2 cm³/mol. The van der Waals surface area contributed by atoms with Gasteiger partial charge in [0.1, 0.15) is 0 Å². The molecule has 0 N–H and O–H groups in total. The van der Waals surface area contributed by atoms with Crippen LogP contribution in [-0.2, 0) is 10.8 Å². The molecule has 0 heterocycles. The lowest BCUT2D eigenvalue weighted by atomic mass is 10.0. The van der Waals surface area contributed by atoms with Crippen molar-refractivity contribution in [2.45, 2.75) is 50.7 Å². The van der Waals surface area contributed by atoms with Gasteiger partial charge in [0.15, 0.2) is 0 Å². The average Bonchev–Trinajstić information content (AvgIpc) is 2.07. The molecule has 66 valence electrons. The summed E-state index contributed by atoms with van der Waals surface area (Å²) in [6.07, 6.45) is 7.47. The van der Waals surface area contributed by atoms with E-state index in [2.05, 4.69) is 6.92 Å². The van der Waals surface area contributed by atoms with Crippen LogP contribution in [-0.4, -0.2) is 15.2 Å². The molecule has 1 fully saturated rings. The topological polar surface area (TPSA) is 17.1 Å². The van der Waals surface area contributed by atoms with Gasteiger partial charge < -0.3 is 0 Å². The lowest BCUT2D eigenvalue weighted by Gasteiger charge is -2.20. The van der Waals surface area contributed by atoms with Gasteiger partial charge in [-0.1, -0.05) is 26.2 Å². The molecule has 1 nitrogen and oxygen atoms in total. The van der Waals surface area contributed by atoms with Crippen LogP contribution in [0.2, 0.25) is 0 Å². The second-order valence-corrected chi connectivity index (χ2v) is 5.18. The molecule has 0 saturated heterocycles. The Morgan fingerprint density at radius 1 is 1.27 bits per heavy atom. The van der Waals surface area contributed by atoms with Crippen LogP contribution in [0, 0.1) is 0 Å². The van der Waals surface area contributed by atoms with E-state index >= 15 is 0 Å². The minimum absolute atomic E-state index is 0.506. The van der Waals surface area contributed by atoms with E-state index < -0.39 is 10.8 Å². The number of hydrogen-bond donors (Lipinski definition) is 0. The van der Waals surface area contributed by atoms with Crippen LogP contribution in [0.3, 0.4) is 0 Å². The predicted octanol–water partition coefficient (Wildman–Crippen LogP) is 2.48. The molecule has 0 aromatic carbocycles. The van der Waals surface area contributed by atoms with Crippen molar-refractivity contribution in [3.63, 3.8) is 0 Å². The largest absolute Gasteiger partial charge is 0.259 e. The molecule has 0 radical (unpaired) electrons. The molecule has 0 aromatic heterocycles. The highest BCUT2D eigenvalue weighted by Crippen LogP contribution is 2.22. The molecule has 0 spiro atoms. The molecule has 0 aliphatic heterocycles. The third-order valence-electron chi connectivity index (χ3n) is 2.33. The first-order valence-electron chi connectivity index (χ1n) is 4.71. The summed E-state index contributed by atoms with van der Waals surface area (Å²) in [6, 6.07) is 0. The summed E-state index contributed by atoms with van der Waals surface area (Å²) >= 11 is 0. The van der Waals surface area contributed by atoms with E-state index in [4.69, 9.17) is 0 Å². The van der Waals surface area contributed by atoms with E-state index in [1.807, 2.05) is 0 Å². The quantitative estimate of drug-likeness (QED) is 0.642. The summed E-state index contributed by atoms with van der Waals surface area (Å²) in [5.74, 6) is 0.921. The minimum atomic E-state index is -0.506. The molecule has 1 unspecified atom stereocenters. The van der Waals surface area contributed by atoms with Crippen LogP contribution >= 0.6 is 0 Å². The highest BCUT2D eigenvalue weighted by molar-refractivity contribution is 7.85. The van der Waals surface area contributed by atoms with Crippen molar-refractivity contribution in [3.05, 3.63) is 0 Å². The maximum Gasteiger partial charge on any atom is 0.0348 e. The van der Waals surface area contributed by atoms with Crippen LogP contribution < -0.4 is 0 Å². The van der Waals surface area contributed by atoms with Gasteiger partial charge in [0, 0.05) is 21.8 Å². The third kappa shape index (κ3) is 2.94. The second kappa shape index (κ2) is 4.91. The lowest BCUT2D eigenvalue weighted by molar-refractivity contribution is 0.504. The van der Waals surface area contributed by atoms with Crippen LogP contribution in [0.25, 0.3) is 0 Å². The summed E-state index contributed by atoms with van der Waals surface area (Å²) in [5, 5.41) is 0.545. The molecule has 0 aromatic rings. The smallest absolute Gasteiger partial charge is 0.0348 e. The Bertz CT molecular complexity index is 128. The maximum absolute atomic E-state index is 11.5. The van der Waals surface area contributed by atoms with Gasteiger partial charge in [-0.25, -0.2) is 0 Å². The van der Waals surface area contributed by atoms with Gasteiger partial charge in [0.25, 0.3) is 0 Å². The molecular weight excluding hydrogens is 156 g/mol. The fourth-order valence-corrected chi connectivity index (χ4v) is 3.29. The Balaban J connectivity index is 2.27. The summed E-state index contributed by atoms with van der Waals surface area (Å²) in [7, 11) is -0.506. The normalized spacial score (nSPS) is 23.4. The zero-order valence-corrected chi connectivity index (χ0v) is 8.16. The highest BCUT2D eigenvalue weighted by atomic mass is 32.2. The van der Waals surface area contributed by atoms with Crippen LogP contribution in [0.5, 0.6) is 0 Å². The van der Waals surface area contributed by atoms with Gasteiger partial charge in [-0.3, -0.25) is 4.21 Å². The molecule has 1 aliphatic rings. The van der Waals surface area contributed by atoms with E-state index in [-0.39, 0.29) is 0 Å². The molecule has 11 heavy (non-hydrogen) atoms. The molecule has 2 heteroatoms. The van der Waals surface area contributed by atoms with E-state index in [1.54, 1.807) is 0 Å². The van der Waals surface area contributed by atoms with Crippen molar-refractivity contribution >= 4 is 10.8 Å². The Hall–Kier alpha value is 0.150. The monoisotopic (exact) mass is 174 g/mol. The van der Waals surface area contributed by atoms with Crippen molar-refractivity contribution in [1.82, 2.24) is 0 Å². The zero-order chi connectivity index (χ0) is 8.10. The van der Waals surface area contributed by atoms with Crippen LogP contribution in [0.15, 0.2) is 0 Å². The Labute approximate surface area is 72.0 Å². The van der Waals surface area contributed by atoms with Gasteiger partial charge >= 0.3 is 0 Å². The molecule has 1 atom stereocenters. The summed E-state index contributed by atoms with van der Waals surface area (Å²) in [6.45, 7) is 2.11. The van der Waals surface area contributed by atoms with Crippen molar-refractivity contribution < 1.29 is 4.21 Å². The minimum Gasteiger partial charge on any atom is -0.259 e. The van der Waals surface area contributed by atoms with Gasteiger partial charge in [0.2, 0.25) is 0 Å². The molecule has 1 aliphatic carbocycles. The SMILES string of the molecule is CCCS(=O)C1CCCCC1. The van der Waals surface area contributed by atoms with Gasteiger partial charge in [0.05, 0.1) is 0 Å². The van der Waals surface area contributed by atoms with E-state index in [9.17, 15) is 4.21 Å². The number of rotatable bonds is 3. The lowest BCUT2D eigenvalue weighted by Crippen LogP contribution is -2.20. The van der Waals surface area contributed by atoms with Gasteiger partial charge in [-0.15, -0.1) is 0 Å². The van der Waals surface area contributed by atoms with Gasteiger partial charge in [-0.05, 0) is 19.3 Å². The standard InChI is InChI=1S/C9H18OS/c1-2-8-11(10)9-6-4-3-5-7-9/h9H,2-8H2,1H3. The summed E-state index contributed by atoms with van der Waals surface area (Å²) in [4.78, 5) is 0. The zero-order valence-electron chi connectivity index (χ0n) is 7.34. The van der Waals surface area contributed by atoms with E-state index in [0.29, 0.717) is 5.25 Å². The highest BCUT2D eigenvalue weighted by Gasteiger charge is 2.18. The van der Waals surface area contributed by atoms with Gasteiger partial charge in [-0.2, -0.15) is 0 Å². The van der Waals surface area contributed by atoms with Crippen LogP contribution in [0.1, 0.15) is 45.4 Å². The number of hydrogen-bond acceptors (Lipinski definition) is 1. The van der Waals surface area contributed by atoms with Crippen LogP contribution in [0.4, 0.5) is 0 Å². The van der Waals surface area contributed by atoms with Crippen molar-refractivity contribution in [2.24, 2.45) is 0 Å². The first-order valence-corrected chi connectivity index (χ1v) is 6.10. The Kier molecular flexibility index (Phi) is 4.13. The summed E-state index contributed by atoms with van der Waals surface area (Å²) < 4.78 is 11.5. The first kappa shape index (κ1) is 9.24. The average molecular weight is 174 g/mol. The van der Waals surface area contributed by atoms with Crippen molar-refractivity contribution in [1.29, 1.82) is 0 Å². The first-order chi connectivity index (χ1) is 5.34. The fraction of sp³-hybridized carbons (Fsp3) is 1.00. The molecule has 1 saturated carbocycles. The Morgan fingerprint density at radius 3 is 2.45 bits per heavy atom. The van der Waals surface area contributed by atoms with Crippen molar-refractivity contribution in [2.75, 3.05) is 5.75 Å². The second-order valence-electron chi connectivity index (χ2n) is 3.34. The molecule has 1 rings (SSSR count). The fourth-order valence-electron chi connectivity index (χ4n) is 1.70. The molecule has 0 bridgehead atoms. The third-order valence-corrected chi connectivity index (χ3v) is 4.35. The van der Waals surface area contributed by atoms with Crippen molar-refractivity contribution in [3.8, 4) is 0 Å².